The van der Waals surface area contributed by atoms with Crippen molar-refractivity contribution in [1.29, 1.82) is 0 Å². The Kier molecular flexibility index (Phi) is 3.28. The third kappa shape index (κ3) is 2.10. The molecule has 0 unspecified atom stereocenters. The van der Waals surface area contributed by atoms with Gasteiger partial charge in [0.05, 0.1) is 13.2 Å². The Hall–Kier alpha value is -2.22. The molecule has 6 nitrogen and oxygen atoms in total. The monoisotopic (exact) mass is 311 g/mol. The number of hydrogen-bond acceptors (Lipinski definition) is 5. The average molecular weight is 311 g/mol. The summed E-state index contributed by atoms with van der Waals surface area (Å²) in [7, 11) is 0. The van der Waals surface area contributed by atoms with Crippen LogP contribution in [0.1, 0.15) is 12.5 Å². The van der Waals surface area contributed by atoms with Crippen LogP contribution in [0.25, 0.3) is 0 Å². The summed E-state index contributed by atoms with van der Waals surface area (Å²) in [5, 5.41) is 2.53. The van der Waals surface area contributed by atoms with Gasteiger partial charge in [-0.05, 0) is 18.2 Å². The minimum absolute atomic E-state index is 0.0231. The standard InChI is InChI=1S/C14H15F2N3O3/c1-8(20)18-9-2-3-11(15)10(4-9)14-7-21-5-13(14,16)6-22-12(17)19-14/h2-4H,5-7H2,1H3,(H2,17,19)(H,18,20)/t13-,14-/m1/s1. The Balaban J connectivity index is 2.15. The van der Waals surface area contributed by atoms with Gasteiger partial charge in [-0.1, -0.05) is 0 Å². The number of ether oxygens (including phenoxy) is 2. The molecule has 22 heavy (non-hydrogen) atoms. The molecular weight excluding hydrogens is 296 g/mol. The predicted octanol–water partition coefficient (Wildman–Crippen LogP) is 1.06. The van der Waals surface area contributed by atoms with Gasteiger partial charge in [0.1, 0.15) is 12.4 Å². The maximum Gasteiger partial charge on any atom is 0.283 e. The highest BCUT2D eigenvalue weighted by atomic mass is 19.1. The van der Waals surface area contributed by atoms with E-state index >= 15 is 4.39 Å². The van der Waals surface area contributed by atoms with E-state index in [0.717, 1.165) is 6.07 Å². The number of rotatable bonds is 2. The molecule has 1 amide bonds. The minimum atomic E-state index is -2.02. The topological polar surface area (TPSA) is 85.9 Å². The van der Waals surface area contributed by atoms with Gasteiger partial charge in [-0.3, -0.25) is 4.79 Å². The first-order valence-corrected chi connectivity index (χ1v) is 6.69. The van der Waals surface area contributed by atoms with Crippen molar-refractivity contribution in [3.05, 3.63) is 29.6 Å². The highest BCUT2D eigenvalue weighted by molar-refractivity contribution is 5.88. The summed E-state index contributed by atoms with van der Waals surface area (Å²) in [6, 6.07) is 3.67. The number of alkyl halides is 1. The summed E-state index contributed by atoms with van der Waals surface area (Å²) in [4.78, 5) is 15.2. The predicted molar refractivity (Wildman–Crippen MR) is 74.6 cm³/mol. The van der Waals surface area contributed by atoms with E-state index in [1.165, 1.54) is 19.1 Å². The van der Waals surface area contributed by atoms with Crippen LogP contribution in [0.3, 0.4) is 0 Å². The van der Waals surface area contributed by atoms with Gasteiger partial charge in [0.25, 0.3) is 6.02 Å². The molecule has 2 aliphatic rings. The minimum Gasteiger partial charge on any atom is -0.462 e. The molecule has 0 aromatic heterocycles. The zero-order valence-corrected chi connectivity index (χ0v) is 11.9. The fraction of sp³-hybridized carbons (Fsp3) is 0.429. The molecular formula is C14H15F2N3O3. The summed E-state index contributed by atoms with van der Waals surface area (Å²) >= 11 is 0. The Labute approximate surface area is 125 Å². The van der Waals surface area contributed by atoms with Crippen LogP contribution in [-0.2, 0) is 19.8 Å². The van der Waals surface area contributed by atoms with Crippen molar-refractivity contribution in [2.75, 3.05) is 25.1 Å². The quantitative estimate of drug-likeness (QED) is 0.855. The summed E-state index contributed by atoms with van der Waals surface area (Å²) in [5.74, 6) is -0.973. The highest BCUT2D eigenvalue weighted by Gasteiger charge is 2.62. The first-order valence-electron chi connectivity index (χ1n) is 6.69. The number of anilines is 1. The lowest BCUT2D eigenvalue weighted by atomic mass is 9.78. The second kappa shape index (κ2) is 4.91. The number of nitrogens with zero attached hydrogens (tertiary/aromatic N) is 1. The molecule has 1 aromatic rings. The number of carbonyl (C=O) groups is 1. The average Bonchev–Trinajstić information content (AvgIpc) is 2.78. The van der Waals surface area contributed by atoms with E-state index in [-0.39, 0.29) is 37.3 Å². The van der Waals surface area contributed by atoms with Gasteiger partial charge in [-0.15, -0.1) is 0 Å². The van der Waals surface area contributed by atoms with Gasteiger partial charge in [0.15, 0.2) is 11.2 Å². The molecule has 0 radical (unpaired) electrons. The van der Waals surface area contributed by atoms with Crippen LogP contribution in [0.5, 0.6) is 0 Å². The van der Waals surface area contributed by atoms with Gasteiger partial charge in [-0.2, -0.15) is 0 Å². The van der Waals surface area contributed by atoms with Crippen LogP contribution in [0.4, 0.5) is 14.5 Å². The van der Waals surface area contributed by atoms with E-state index in [2.05, 4.69) is 10.3 Å². The SMILES string of the molecule is CC(=O)Nc1ccc(F)c([C@]23COC[C@@]2(F)COC(N)=N3)c1. The van der Waals surface area contributed by atoms with Gasteiger partial charge in [0.2, 0.25) is 5.91 Å². The smallest absolute Gasteiger partial charge is 0.283 e. The van der Waals surface area contributed by atoms with Crippen molar-refractivity contribution in [3.8, 4) is 0 Å². The normalized spacial score (nSPS) is 30.2. The van der Waals surface area contributed by atoms with Gasteiger partial charge in [-0.25, -0.2) is 13.8 Å². The fourth-order valence-electron chi connectivity index (χ4n) is 2.81. The fourth-order valence-corrected chi connectivity index (χ4v) is 2.81. The first-order chi connectivity index (χ1) is 10.4. The third-order valence-electron chi connectivity index (χ3n) is 3.87. The molecule has 0 saturated carbocycles. The molecule has 118 valence electrons. The number of amidine groups is 1. The number of benzene rings is 1. The second-order valence-electron chi connectivity index (χ2n) is 5.43. The van der Waals surface area contributed by atoms with Crippen molar-refractivity contribution >= 4 is 17.6 Å². The van der Waals surface area contributed by atoms with Crippen molar-refractivity contribution in [1.82, 2.24) is 0 Å². The molecule has 1 saturated heterocycles. The van der Waals surface area contributed by atoms with E-state index in [4.69, 9.17) is 15.2 Å². The van der Waals surface area contributed by atoms with Crippen LogP contribution in [0.2, 0.25) is 0 Å². The van der Waals surface area contributed by atoms with Crippen molar-refractivity contribution in [3.63, 3.8) is 0 Å². The Morgan fingerprint density at radius 1 is 1.41 bits per heavy atom. The number of nitrogens with two attached hydrogens (primary N) is 1. The van der Waals surface area contributed by atoms with E-state index in [1.807, 2.05) is 0 Å². The lowest BCUT2D eigenvalue weighted by Crippen LogP contribution is -2.55. The van der Waals surface area contributed by atoms with Crippen molar-refractivity contribution < 1.29 is 23.0 Å². The summed E-state index contributed by atoms with van der Waals surface area (Å²) < 4.78 is 39.7. The number of fused-ring (bicyclic) bond motifs is 1. The van der Waals surface area contributed by atoms with Crippen LogP contribution >= 0.6 is 0 Å². The van der Waals surface area contributed by atoms with E-state index in [9.17, 15) is 9.18 Å². The maximum atomic E-state index is 15.2. The van der Waals surface area contributed by atoms with Crippen LogP contribution in [0, 0.1) is 5.82 Å². The summed E-state index contributed by atoms with van der Waals surface area (Å²) in [6.45, 7) is 0.526. The van der Waals surface area contributed by atoms with Crippen LogP contribution < -0.4 is 11.1 Å². The lowest BCUT2D eigenvalue weighted by Gasteiger charge is -2.38. The zero-order chi connectivity index (χ0) is 16.0. The third-order valence-corrected chi connectivity index (χ3v) is 3.87. The Morgan fingerprint density at radius 3 is 2.91 bits per heavy atom. The number of aliphatic imine (C=N–C) groups is 1. The Morgan fingerprint density at radius 2 is 2.18 bits per heavy atom. The van der Waals surface area contributed by atoms with E-state index in [1.54, 1.807) is 0 Å². The molecule has 2 atom stereocenters. The molecule has 3 rings (SSSR count). The number of carbonyl (C=O) groups excluding carboxylic acids is 1. The number of nitrogens with one attached hydrogen (secondary N) is 1. The Bertz CT molecular complexity index is 667. The largest absolute Gasteiger partial charge is 0.462 e. The van der Waals surface area contributed by atoms with Crippen LogP contribution in [0.15, 0.2) is 23.2 Å². The first kappa shape index (κ1) is 14.7. The second-order valence-corrected chi connectivity index (χ2v) is 5.43. The molecule has 1 aromatic carbocycles. The molecule has 2 heterocycles. The zero-order valence-electron chi connectivity index (χ0n) is 11.9. The molecule has 0 spiro atoms. The summed E-state index contributed by atoms with van der Waals surface area (Å²) in [5.41, 5.74) is 2.23. The van der Waals surface area contributed by atoms with Crippen molar-refractivity contribution in [2.24, 2.45) is 10.7 Å². The van der Waals surface area contributed by atoms with E-state index < -0.39 is 17.0 Å². The van der Waals surface area contributed by atoms with Gasteiger partial charge < -0.3 is 20.5 Å². The summed E-state index contributed by atoms with van der Waals surface area (Å²) in [6.07, 6.45) is 0. The maximum absolute atomic E-state index is 15.2. The molecule has 3 N–H and O–H groups in total. The molecule has 0 aliphatic carbocycles. The number of hydrogen-bond donors (Lipinski definition) is 2. The molecule has 0 bridgehead atoms. The van der Waals surface area contributed by atoms with Crippen LogP contribution in [-0.4, -0.2) is 37.4 Å². The van der Waals surface area contributed by atoms with Crippen molar-refractivity contribution in [2.45, 2.75) is 18.1 Å². The lowest BCUT2D eigenvalue weighted by molar-refractivity contribution is -0.114. The molecule has 1 fully saturated rings. The van der Waals surface area contributed by atoms with Gasteiger partial charge in [0, 0.05) is 18.2 Å². The number of halogens is 2. The van der Waals surface area contributed by atoms with E-state index in [0.29, 0.717) is 5.69 Å². The molecule has 8 heteroatoms. The molecule has 2 aliphatic heterocycles. The van der Waals surface area contributed by atoms with Gasteiger partial charge >= 0.3 is 0 Å². The highest BCUT2D eigenvalue weighted by Crippen LogP contribution is 2.48. The number of amides is 1.